The lowest BCUT2D eigenvalue weighted by Crippen LogP contribution is -2.22. The summed E-state index contributed by atoms with van der Waals surface area (Å²) >= 11 is 11.8. The number of hydrogen-bond acceptors (Lipinski definition) is 4. The number of halogens is 2. The lowest BCUT2D eigenvalue weighted by molar-refractivity contribution is -0.116. The van der Waals surface area contributed by atoms with Crippen molar-refractivity contribution in [2.45, 2.75) is 17.7 Å². The molecule has 0 aliphatic carbocycles. The summed E-state index contributed by atoms with van der Waals surface area (Å²) in [6, 6.07) is 11.0. The van der Waals surface area contributed by atoms with Gasteiger partial charge >= 0.3 is 0 Å². The highest BCUT2D eigenvalue weighted by molar-refractivity contribution is 7.89. The molecular formula is C18H20Cl2N2O4S. The smallest absolute Gasteiger partial charge is 0.242 e. The largest absolute Gasteiger partial charge is 0.492 e. The van der Waals surface area contributed by atoms with E-state index in [4.69, 9.17) is 27.9 Å². The number of anilines is 1. The van der Waals surface area contributed by atoms with E-state index >= 15 is 0 Å². The third kappa shape index (κ3) is 6.10. The first-order valence-electron chi connectivity index (χ1n) is 8.10. The molecule has 0 radical (unpaired) electrons. The summed E-state index contributed by atoms with van der Waals surface area (Å²) in [7, 11) is -0.562. The molecule has 0 atom stereocenters. The van der Waals surface area contributed by atoms with Crippen molar-refractivity contribution in [3.8, 4) is 5.75 Å². The van der Waals surface area contributed by atoms with E-state index in [-0.39, 0.29) is 17.2 Å². The molecule has 0 bridgehead atoms. The summed E-state index contributed by atoms with van der Waals surface area (Å²) in [5.74, 6) is 0.322. The Labute approximate surface area is 169 Å². The topological polar surface area (TPSA) is 75.7 Å². The zero-order valence-electron chi connectivity index (χ0n) is 14.9. The van der Waals surface area contributed by atoms with Crippen molar-refractivity contribution in [3.63, 3.8) is 0 Å². The van der Waals surface area contributed by atoms with Crippen molar-refractivity contribution in [3.05, 3.63) is 52.5 Å². The van der Waals surface area contributed by atoms with E-state index in [2.05, 4.69) is 5.32 Å². The van der Waals surface area contributed by atoms with Gasteiger partial charge in [0.05, 0.1) is 16.5 Å². The van der Waals surface area contributed by atoms with Crippen LogP contribution in [-0.2, 0) is 14.8 Å². The first kappa shape index (κ1) is 21.5. The van der Waals surface area contributed by atoms with E-state index in [1.807, 2.05) is 0 Å². The van der Waals surface area contributed by atoms with Gasteiger partial charge in [0.25, 0.3) is 0 Å². The van der Waals surface area contributed by atoms with Crippen LogP contribution >= 0.6 is 23.2 Å². The van der Waals surface area contributed by atoms with E-state index in [1.165, 1.54) is 26.2 Å². The third-order valence-corrected chi connectivity index (χ3v) is 5.98. The zero-order valence-corrected chi connectivity index (χ0v) is 17.2. The number of nitrogens with zero attached hydrogens (tertiary/aromatic N) is 1. The number of carbonyl (C=O) groups excluding carboxylic acids is 1. The molecule has 0 aliphatic heterocycles. The van der Waals surface area contributed by atoms with Crippen molar-refractivity contribution in [2.24, 2.45) is 0 Å². The number of ether oxygens (including phenoxy) is 1. The first-order valence-corrected chi connectivity index (χ1v) is 10.3. The number of carbonyl (C=O) groups is 1. The van der Waals surface area contributed by atoms with Crippen LogP contribution in [0.25, 0.3) is 0 Å². The third-order valence-electron chi connectivity index (χ3n) is 3.62. The lowest BCUT2D eigenvalue weighted by atomic mass is 10.2. The average molecular weight is 431 g/mol. The van der Waals surface area contributed by atoms with Gasteiger partial charge in [0.15, 0.2) is 0 Å². The average Bonchev–Trinajstić information content (AvgIpc) is 2.60. The van der Waals surface area contributed by atoms with Gasteiger partial charge in [-0.15, -0.1) is 0 Å². The van der Waals surface area contributed by atoms with E-state index in [0.29, 0.717) is 34.5 Å². The Kier molecular flexibility index (Phi) is 7.49. The summed E-state index contributed by atoms with van der Waals surface area (Å²) in [6.07, 6.45) is 0.751. The molecule has 0 saturated heterocycles. The van der Waals surface area contributed by atoms with Crippen molar-refractivity contribution >= 4 is 44.8 Å². The van der Waals surface area contributed by atoms with Crippen molar-refractivity contribution < 1.29 is 17.9 Å². The van der Waals surface area contributed by atoms with E-state index in [9.17, 15) is 13.2 Å². The van der Waals surface area contributed by atoms with Crippen LogP contribution in [0.1, 0.15) is 12.8 Å². The molecule has 0 fully saturated rings. The fourth-order valence-electron chi connectivity index (χ4n) is 2.15. The second kappa shape index (κ2) is 9.41. The number of benzene rings is 2. The van der Waals surface area contributed by atoms with E-state index in [0.717, 1.165) is 4.31 Å². The number of hydrogen-bond donors (Lipinski definition) is 1. The van der Waals surface area contributed by atoms with Crippen LogP contribution in [0.3, 0.4) is 0 Å². The summed E-state index contributed by atoms with van der Waals surface area (Å²) < 4.78 is 30.7. The number of sulfonamides is 1. The number of rotatable bonds is 8. The van der Waals surface area contributed by atoms with Gasteiger partial charge in [-0.25, -0.2) is 12.7 Å². The maximum Gasteiger partial charge on any atom is 0.242 e. The Bertz CT molecular complexity index is 900. The number of amides is 1. The Balaban J connectivity index is 1.80. The van der Waals surface area contributed by atoms with Crippen molar-refractivity contribution in [2.75, 3.05) is 26.0 Å². The summed E-state index contributed by atoms with van der Waals surface area (Å²) in [5.41, 5.74) is 0.527. The lowest BCUT2D eigenvalue weighted by Gasteiger charge is -2.12. The zero-order chi connectivity index (χ0) is 20.0. The fraction of sp³-hybridized carbons (Fsp3) is 0.278. The van der Waals surface area contributed by atoms with Crippen LogP contribution in [0.15, 0.2) is 47.4 Å². The molecule has 9 heteroatoms. The molecule has 0 saturated carbocycles. The van der Waals surface area contributed by atoms with Gasteiger partial charge in [-0.2, -0.15) is 0 Å². The Morgan fingerprint density at radius 2 is 1.78 bits per heavy atom. The van der Waals surface area contributed by atoms with Gasteiger partial charge < -0.3 is 10.1 Å². The quantitative estimate of drug-likeness (QED) is 0.641. The summed E-state index contributed by atoms with van der Waals surface area (Å²) in [5, 5.41) is 3.66. The maximum atomic E-state index is 12.0. The SMILES string of the molecule is CN(C)S(=O)(=O)c1ccc(NC(=O)CCCOc2ccc(Cl)cc2Cl)cc1. The minimum absolute atomic E-state index is 0.166. The van der Waals surface area contributed by atoms with Crippen LogP contribution in [0, 0.1) is 0 Å². The molecule has 0 aromatic heterocycles. The molecule has 27 heavy (non-hydrogen) atoms. The molecule has 0 unspecified atom stereocenters. The Hall–Kier alpha value is -1.80. The molecule has 0 heterocycles. The minimum Gasteiger partial charge on any atom is -0.492 e. The monoisotopic (exact) mass is 430 g/mol. The first-order chi connectivity index (χ1) is 12.7. The predicted octanol–water partition coefficient (Wildman–Crippen LogP) is 4.04. The highest BCUT2D eigenvalue weighted by Gasteiger charge is 2.16. The molecule has 6 nitrogen and oxygen atoms in total. The van der Waals surface area contributed by atoms with Gasteiger partial charge in [0.2, 0.25) is 15.9 Å². The van der Waals surface area contributed by atoms with Crippen molar-refractivity contribution in [1.29, 1.82) is 0 Å². The summed E-state index contributed by atoms with van der Waals surface area (Å²) in [6.45, 7) is 0.328. The van der Waals surface area contributed by atoms with Crippen LogP contribution in [0.5, 0.6) is 5.75 Å². The van der Waals surface area contributed by atoms with Gasteiger partial charge in [0.1, 0.15) is 5.75 Å². The van der Waals surface area contributed by atoms with Crippen LogP contribution in [0.2, 0.25) is 10.0 Å². The van der Waals surface area contributed by atoms with Gasteiger partial charge in [-0.3, -0.25) is 4.79 Å². The summed E-state index contributed by atoms with van der Waals surface area (Å²) in [4.78, 5) is 12.2. The molecule has 2 aromatic rings. The Morgan fingerprint density at radius 3 is 2.37 bits per heavy atom. The van der Waals surface area contributed by atoms with E-state index in [1.54, 1.807) is 30.3 Å². The standard InChI is InChI=1S/C18H20Cl2N2O4S/c1-22(2)27(24,25)15-8-6-14(7-9-15)21-18(23)4-3-11-26-17-10-5-13(19)12-16(17)20/h5-10,12H,3-4,11H2,1-2H3,(H,21,23). The normalized spacial score (nSPS) is 11.4. The van der Waals surface area contributed by atoms with Crippen molar-refractivity contribution in [1.82, 2.24) is 4.31 Å². The molecule has 1 N–H and O–H groups in total. The van der Waals surface area contributed by atoms with Crippen LogP contribution < -0.4 is 10.1 Å². The fourth-order valence-corrected chi connectivity index (χ4v) is 3.52. The highest BCUT2D eigenvalue weighted by atomic mass is 35.5. The highest BCUT2D eigenvalue weighted by Crippen LogP contribution is 2.27. The molecule has 1 amide bonds. The van der Waals surface area contributed by atoms with Gasteiger partial charge in [-0.1, -0.05) is 23.2 Å². The molecular weight excluding hydrogens is 411 g/mol. The van der Waals surface area contributed by atoms with E-state index < -0.39 is 10.0 Å². The van der Waals surface area contributed by atoms with Crippen LogP contribution in [0.4, 0.5) is 5.69 Å². The Morgan fingerprint density at radius 1 is 1.11 bits per heavy atom. The van der Waals surface area contributed by atoms with Crippen LogP contribution in [-0.4, -0.2) is 39.3 Å². The molecule has 0 spiro atoms. The second-order valence-electron chi connectivity index (χ2n) is 5.89. The minimum atomic E-state index is -3.49. The molecule has 146 valence electrons. The molecule has 0 aliphatic rings. The van der Waals surface area contributed by atoms with Gasteiger partial charge in [0, 0.05) is 31.2 Å². The predicted molar refractivity (Wildman–Crippen MR) is 107 cm³/mol. The number of nitrogens with one attached hydrogen (secondary N) is 1. The molecule has 2 aromatic carbocycles. The van der Waals surface area contributed by atoms with Gasteiger partial charge in [-0.05, 0) is 48.9 Å². The molecule has 2 rings (SSSR count). The maximum absolute atomic E-state index is 12.0. The second-order valence-corrected chi connectivity index (χ2v) is 8.88.